The fraction of sp³-hybridized carbons (Fsp3) is 0.524. The van der Waals surface area contributed by atoms with Gasteiger partial charge < -0.3 is 14.6 Å². The first kappa shape index (κ1) is 17.4. The molecule has 1 aliphatic carbocycles. The minimum atomic E-state index is 0.0220. The fourth-order valence-electron chi connectivity index (χ4n) is 4.17. The molecule has 1 aliphatic rings. The van der Waals surface area contributed by atoms with Crippen molar-refractivity contribution in [3.8, 4) is 0 Å². The van der Waals surface area contributed by atoms with Gasteiger partial charge in [-0.25, -0.2) is 0 Å². The van der Waals surface area contributed by atoms with E-state index in [0.717, 1.165) is 12.8 Å². The van der Waals surface area contributed by atoms with E-state index in [0.29, 0.717) is 6.61 Å². The fourth-order valence-corrected chi connectivity index (χ4v) is 4.17. The quantitative estimate of drug-likeness (QED) is 0.895. The molecule has 0 aliphatic heterocycles. The number of methoxy groups -OCH3 is 1. The van der Waals surface area contributed by atoms with Crippen molar-refractivity contribution in [3.63, 3.8) is 0 Å². The van der Waals surface area contributed by atoms with Crippen LogP contribution >= 0.6 is 0 Å². The number of benzene rings is 2. The average molecular weight is 328 g/mol. The van der Waals surface area contributed by atoms with Crippen LogP contribution in [0.4, 0.5) is 0 Å². The molecule has 3 unspecified atom stereocenters. The smallest absolute Gasteiger partial charge is 0.0726 e. The van der Waals surface area contributed by atoms with Gasteiger partial charge in [-0.2, -0.15) is 0 Å². The van der Waals surface area contributed by atoms with Gasteiger partial charge in [-0.1, -0.05) is 56.3 Å². The Morgan fingerprint density at radius 3 is 2.62 bits per heavy atom. The van der Waals surface area contributed by atoms with E-state index in [1.807, 2.05) is 0 Å². The van der Waals surface area contributed by atoms with E-state index in [1.54, 1.807) is 7.11 Å². The molecule has 0 saturated heterocycles. The van der Waals surface area contributed by atoms with Crippen LogP contribution in [-0.2, 0) is 16.1 Å². The summed E-state index contributed by atoms with van der Waals surface area (Å²) in [5, 5.41) is 12.4. The summed E-state index contributed by atoms with van der Waals surface area (Å²) < 4.78 is 12.0. The average Bonchev–Trinajstić information content (AvgIpc) is 2.59. The monoisotopic (exact) mass is 328 g/mol. The van der Waals surface area contributed by atoms with Gasteiger partial charge >= 0.3 is 0 Å². The second-order valence-electron chi connectivity index (χ2n) is 7.52. The maximum Gasteiger partial charge on any atom is 0.0726 e. The molecule has 3 heteroatoms. The van der Waals surface area contributed by atoms with Crippen molar-refractivity contribution in [2.45, 2.75) is 45.5 Å². The summed E-state index contributed by atoms with van der Waals surface area (Å²) in [5.74, 6) is 0.0220. The summed E-state index contributed by atoms with van der Waals surface area (Å²) in [7, 11) is 1.74. The van der Waals surface area contributed by atoms with E-state index in [1.165, 1.54) is 16.3 Å². The lowest BCUT2D eigenvalue weighted by Crippen LogP contribution is -2.50. The van der Waals surface area contributed by atoms with Crippen molar-refractivity contribution >= 4 is 10.8 Å². The van der Waals surface area contributed by atoms with Gasteiger partial charge in [-0.05, 0) is 34.6 Å². The number of fused-ring (bicyclic) bond motifs is 1. The van der Waals surface area contributed by atoms with Crippen molar-refractivity contribution in [2.24, 2.45) is 11.3 Å². The second-order valence-corrected chi connectivity index (χ2v) is 7.52. The highest BCUT2D eigenvalue weighted by atomic mass is 16.5. The predicted molar refractivity (Wildman–Crippen MR) is 96.9 cm³/mol. The number of ether oxygens (including phenoxy) is 2. The van der Waals surface area contributed by atoms with Crippen LogP contribution in [0.1, 0.15) is 32.3 Å². The molecule has 2 aromatic carbocycles. The molecule has 3 nitrogen and oxygen atoms in total. The standard InChI is InChI=1S/C21H28O3/c1-21(2)12-11-19(18(13-22)20(21)23-3)24-14-16-9-6-8-15-7-4-5-10-17(15)16/h4-10,18-20,22H,11-14H2,1-3H3. The van der Waals surface area contributed by atoms with Gasteiger partial charge in [-0.3, -0.25) is 0 Å². The van der Waals surface area contributed by atoms with Crippen LogP contribution < -0.4 is 0 Å². The Morgan fingerprint density at radius 1 is 1.12 bits per heavy atom. The molecule has 0 aromatic heterocycles. The Morgan fingerprint density at radius 2 is 1.88 bits per heavy atom. The van der Waals surface area contributed by atoms with E-state index in [9.17, 15) is 5.11 Å². The zero-order chi connectivity index (χ0) is 17.2. The lowest BCUT2D eigenvalue weighted by Gasteiger charge is -2.46. The third-order valence-electron chi connectivity index (χ3n) is 5.51. The largest absolute Gasteiger partial charge is 0.396 e. The highest BCUT2D eigenvalue weighted by molar-refractivity contribution is 5.85. The van der Waals surface area contributed by atoms with Gasteiger partial charge in [0.2, 0.25) is 0 Å². The molecule has 0 bridgehead atoms. The summed E-state index contributed by atoms with van der Waals surface area (Å²) in [5.41, 5.74) is 1.27. The maximum atomic E-state index is 9.90. The molecule has 1 saturated carbocycles. The molecule has 0 heterocycles. The highest BCUT2D eigenvalue weighted by Crippen LogP contribution is 2.42. The van der Waals surface area contributed by atoms with Crippen molar-refractivity contribution in [1.82, 2.24) is 0 Å². The topological polar surface area (TPSA) is 38.7 Å². The molecule has 130 valence electrons. The first-order valence-electron chi connectivity index (χ1n) is 8.78. The van der Waals surface area contributed by atoms with Gasteiger partial charge in [-0.15, -0.1) is 0 Å². The Hall–Kier alpha value is -1.42. The first-order chi connectivity index (χ1) is 11.6. The van der Waals surface area contributed by atoms with Crippen LogP contribution in [0.25, 0.3) is 10.8 Å². The Kier molecular flexibility index (Phi) is 5.24. The van der Waals surface area contributed by atoms with Crippen LogP contribution in [0.15, 0.2) is 42.5 Å². The normalized spacial score (nSPS) is 26.6. The van der Waals surface area contributed by atoms with E-state index in [2.05, 4.69) is 56.3 Å². The minimum Gasteiger partial charge on any atom is -0.396 e. The summed E-state index contributed by atoms with van der Waals surface area (Å²) >= 11 is 0. The van der Waals surface area contributed by atoms with Crippen LogP contribution in [-0.4, -0.2) is 31.0 Å². The van der Waals surface area contributed by atoms with Gasteiger partial charge in [0.1, 0.15) is 0 Å². The zero-order valence-corrected chi connectivity index (χ0v) is 14.9. The number of hydrogen-bond acceptors (Lipinski definition) is 3. The summed E-state index contributed by atoms with van der Waals surface area (Å²) in [6.45, 7) is 5.09. The van der Waals surface area contributed by atoms with E-state index < -0.39 is 0 Å². The molecular formula is C21H28O3. The molecule has 0 amide bonds. The van der Waals surface area contributed by atoms with E-state index in [-0.39, 0.29) is 30.1 Å². The maximum absolute atomic E-state index is 9.90. The van der Waals surface area contributed by atoms with Gasteiger partial charge in [0.15, 0.2) is 0 Å². The van der Waals surface area contributed by atoms with Crippen LogP contribution in [0.3, 0.4) is 0 Å². The molecule has 2 aromatic rings. The SMILES string of the molecule is COC1C(CO)C(OCc2cccc3ccccc23)CCC1(C)C. The van der Waals surface area contributed by atoms with Crippen molar-refractivity contribution < 1.29 is 14.6 Å². The highest BCUT2D eigenvalue weighted by Gasteiger charge is 2.44. The summed E-state index contributed by atoms with van der Waals surface area (Å²) in [4.78, 5) is 0. The summed E-state index contributed by atoms with van der Waals surface area (Å²) in [6, 6.07) is 14.7. The van der Waals surface area contributed by atoms with Crippen molar-refractivity contribution in [2.75, 3.05) is 13.7 Å². The van der Waals surface area contributed by atoms with Crippen LogP contribution in [0, 0.1) is 11.3 Å². The van der Waals surface area contributed by atoms with Gasteiger partial charge in [0, 0.05) is 13.0 Å². The first-order valence-corrected chi connectivity index (χ1v) is 8.78. The molecule has 0 spiro atoms. The Balaban J connectivity index is 1.76. The summed E-state index contributed by atoms with van der Waals surface area (Å²) in [6.07, 6.45) is 2.06. The zero-order valence-electron chi connectivity index (χ0n) is 14.9. The third-order valence-corrected chi connectivity index (χ3v) is 5.51. The molecule has 0 radical (unpaired) electrons. The lowest BCUT2D eigenvalue weighted by atomic mass is 9.68. The molecule has 1 fully saturated rings. The lowest BCUT2D eigenvalue weighted by molar-refractivity contribution is -0.146. The predicted octanol–water partition coefficient (Wildman–Crippen LogP) is 4.17. The number of aliphatic hydroxyl groups excluding tert-OH is 1. The molecule has 24 heavy (non-hydrogen) atoms. The van der Waals surface area contributed by atoms with Gasteiger partial charge in [0.25, 0.3) is 0 Å². The van der Waals surface area contributed by atoms with Gasteiger partial charge in [0.05, 0.1) is 25.4 Å². The molecule has 3 atom stereocenters. The van der Waals surface area contributed by atoms with E-state index in [4.69, 9.17) is 9.47 Å². The van der Waals surface area contributed by atoms with Crippen LogP contribution in [0.2, 0.25) is 0 Å². The third kappa shape index (κ3) is 3.34. The van der Waals surface area contributed by atoms with E-state index >= 15 is 0 Å². The molecular weight excluding hydrogens is 300 g/mol. The Labute approximate surface area is 144 Å². The van der Waals surface area contributed by atoms with Crippen molar-refractivity contribution in [1.29, 1.82) is 0 Å². The molecule has 1 N–H and O–H groups in total. The number of rotatable bonds is 5. The second kappa shape index (κ2) is 7.22. The van der Waals surface area contributed by atoms with Crippen LogP contribution in [0.5, 0.6) is 0 Å². The number of aliphatic hydroxyl groups is 1. The van der Waals surface area contributed by atoms with Crippen molar-refractivity contribution in [3.05, 3.63) is 48.0 Å². The Bertz CT molecular complexity index is 674. The minimum absolute atomic E-state index is 0.0220. The number of hydrogen-bond donors (Lipinski definition) is 1. The molecule has 3 rings (SSSR count).